The van der Waals surface area contributed by atoms with E-state index in [4.69, 9.17) is 8.83 Å². The van der Waals surface area contributed by atoms with E-state index in [1.165, 1.54) is 5.56 Å². The monoisotopic (exact) mass is 384 g/mol. The molecule has 0 radical (unpaired) electrons. The van der Waals surface area contributed by atoms with Gasteiger partial charge in [0.1, 0.15) is 22.3 Å². The molecule has 0 spiro atoms. The molecule has 2 heterocycles. The second kappa shape index (κ2) is 5.74. The van der Waals surface area contributed by atoms with Crippen LogP contribution in [0.25, 0.3) is 65.8 Å². The molecule has 0 fully saturated rings. The Kier molecular flexibility index (Phi) is 3.03. The van der Waals surface area contributed by atoms with Gasteiger partial charge in [-0.3, -0.25) is 0 Å². The predicted molar refractivity (Wildman–Crippen MR) is 124 cm³/mol. The predicted octanol–water partition coefficient (Wildman–Crippen LogP) is 8.31. The van der Waals surface area contributed by atoms with E-state index >= 15 is 0 Å². The van der Waals surface area contributed by atoms with Gasteiger partial charge in [-0.15, -0.1) is 0 Å². The first kappa shape index (κ1) is 15.8. The van der Waals surface area contributed by atoms with Gasteiger partial charge in [0.25, 0.3) is 0 Å². The largest absolute Gasteiger partial charge is 0.455 e. The van der Waals surface area contributed by atoms with Crippen LogP contribution >= 0.6 is 0 Å². The fourth-order valence-electron chi connectivity index (χ4n) is 4.63. The molecule has 0 bridgehead atoms. The Morgan fingerprint density at radius 1 is 0.367 bits per heavy atom. The number of benzene rings is 5. The number of rotatable bonds is 1. The summed E-state index contributed by atoms with van der Waals surface area (Å²) in [6.45, 7) is 0. The summed E-state index contributed by atoms with van der Waals surface area (Å²) < 4.78 is 12.6. The molecule has 0 aliphatic rings. The summed E-state index contributed by atoms with van der Waals surface area (Å²) in [7, 11) is 0. The topological polar surface area (TPSA) is 26.3 Å². The second-order valence-electron chi connectivity index (χ2n) is 7.76. The Hall–Kier alpha value is -4.04. The highest BCUT2D eigenvalue weighted by atomic mass is 16.3. The van der Waals surface area contributed by atoms with Gasteiger partial charge in [-0.25, -0.2) is 0 Å². The number of furan rings is 2. The molecule has 0 aliphatic heterocycles. The Morgan fingerprint density at radius 2 is 0.900 bits per heavy atom. The molecule has 2 aromatic heterocycles. The number of hydrogen-bond donors (Lipinski definition) is 0. The van der Waals surface area contributed by atoms with Crippen molar-refractivity contribution in [1.29, 1.82) is 0 Å². The van der Waals surface area contributed by atoms with Gasteiger partial charge in [0, 0.05) is 32.3 Å². The number of fused-ring (bicyclic) bond motifs is 9. The lowest BCUT2D eigenvalue weighted by Crippen LogP contribution is -1.76. The molecule has 30 heavy (non-hydrogen) atoms. The lowest BCUT2D eigenvalue weighted by Gasteiger charge is -2.00. The van der Waals surface area contributed by atoms with Gasteiger partial charge in [-0.05, 0) is 53.6 Å². The first-order valence-electron chi connectivity index (χ1n) is 10.1. The van der Waals surface area contributed by atoms with Crippen molar-refractivity contribution in [3.05, 3.63) is 97.1 Å². The van der Waals surface area contributed by atoms with E-state index in [-0.39, 0.29) is 0 Å². The molecule has 7 aromatic rings. The minimum absolute atomic E-state index is 0.906. The zero-order chi connectivity index (χ0) is 19.7. The molecule has 0 unspecified atom stereocenters. The van der Waals surface area contributed by atoms with Crippen molar-refractivity contribution >= 4 is 54.6 Å². The summed E-state index contributed by atoms with van der Waals surface area (Å²) in [5.41, 5.74) is 6.00. The molecule has 2 heteroatoms. The van der Waals surface area contributed by atoms with E-state index in [1.807, 2.05) is 24.3 Å². The van der Waals surface area contributed by atoms with Crippen LogP contribution in [-0.2, 0) is 0 Å². The van der Waals surface area contributed by atoms with E-state index < -0.39 is 0 Å². The van der Waals surface area contributed by atoms with Gasteiger partial charge >= 0.3 is 0 Å². The molecular weight excluding hydrogens is 368 g/mol. The van der Waals surface area contributed by atoms with Crippen molar-refractivity contribution < 1.29 is 8.83 Å². The molecule has 0 amide bonds. The lowest BCUT2D eigenvalue weighted by atomic mass is 10.0. The summed E-state index contributed by atoms with van der Waals surface area (Å²) >= 11 is 0. The molecule has 0 atom stereocenters. The summed E-state index contributed by atoms with van der Waals surface area (Å²) in [6.07, 6.45) is 0. The zero-order valence-electron chi connectivity index (χ0n) is 16.1. The minimum Gasteiger partial charge on any atom is -0.455 e. The molecule has 0 saturated heterocycles. The van der Waals surface area contributed by atoms with E-state index in [9.17, 15) is 0 Å². The van der Waals surface area contributed by atoms with E-state index in [1.54, 1.807) is 0 Å². The van der Waals surface area contributed by atoms with Crippen molar-refractivity contribution in [3.63, 3.8) is 0 Å². The average Bonchev–Trinajstić information content (AvgIpc) is 3.37. The van der Waals surface area contributed by atoms with Gasteiger partial charge in [0.15, 0.2) is 0 Å². The van der Waals surface area contributed by atoms with Gasteiger partial charge in [0.05, 0.1) is 0 Å². The molecular formula is C28H16O2. The van der Waals surface area contributed by atoms with Crippen LogP contribution in [0.3, 0.4) is 0 Å². The fraction of sp³-hybridized carbons (Fsp3) is 0. The van der Waals surface area contributed by atoms with Crippen molar-refractivity contribution in [2.45, 2.75) is 0 Å². The van der Waals surface area contributed by atoms with Gasteiger partial charge in [0.2, 0.25) is 0 Å². The van der Waals surface area contributed by atoms with Crippen LogP contribution in [-0.4, -0.2) is 0 Å². The van der Waals surface area contributed by atoms with Crippen LogP contribution in [0.5, 0.6) is 0 Å². The third kappa shape index (κ3) is 2.08. The summed E-state index contributed by atoms with van der Waals surface area (Å²) in [4.78, 5) is 0. The highest BCUT2D eigenvalue weighted by molar-refractivity contribution is 6.22. The van der Waals surface area contributed by atoms with Crippen molar-refractivity contribution in [2.24, 2.45) is 0 Å². The molecule has 0 aliphatic carbocycles. The van der Waals surface area contributed by atoms with Crippen LogP contribution in [0.1, 0.15) is 0 Å². The van der Waals surface area contributed by atoms with Crippen LogP contribution in [0.15, 0.2) is 106 Å². The Labute approximate surface area is 171 Å². The Balaban J connectivity index is 1.55. The van der Waals surface area contributed by atoms with Crippen molar-refractivity contribution in [3.8, 4) is 11.1 Å². The van der Waals surface area contributed by atoms with Crippen molar-refractivity contribution in [2.75, 3.05) is 0 Å². The van der Waals surface area contributed by atoms with Crippen LogP contribution in [0.2, 0.25) is 0 Å². The highest BCUT2D eigenvalue weighted by Crippen LogP contribution is 2.40. The van der Waals surface area contributed by atoms with Crippen LogP contribution in [0, 0.1) is 0 Å². The summed E-state index contributed by atoms with van der Waals surface area (Å²) in [6, 6.07) is 33.7. The molecule has 0 saturated carbocycles. The highest BCUT2D eigenvalue weighted by Gasteiger charge is 2.15. The molecule has 7 rings (SSSR count). The quantitative estimate of drug-likeness (QED) is 0.284. The third-order valence-corrected chi connectivity index (χ3v) is 6.08. The standard InChI is InChI=1S/C28H16O2/c1-2-6-17(7-3-1)18-10-11-20-22-13-15-23-24(28(22)30-26(20)16-18)14-12-21-19-8-4-5-9-25(19)29-27(21)23/h1-16H. The maximum Gasteiger partial charge on any atom is 0.143 e. The average molecular weight is 384 g/mol. The smallest absolute Gasteiger partial charge is 0.143 e. The van der Waals surface area contributed by atoms with Gasteiger partial charge in [-0.2, -0.15) is 0 Å². The zero-order valence-corrected chi connectivity index (χ0v) is 16.1. The Bertz CT molecular complexity index is 1730. The number of para-hydroxylation sites is 1. The number of hydrogen-bond acceptors (Lipinski definition) is 2. The van der Waals surface area contributed by atoms with Crippen LogP contribution in [0.4, 0.5) is 0 Å². The fourth-order valence-corrected chi connectivity index (χ4v) is 4.63. The Morgan fingerprint density at radius 3 is 1.63 bits per heavy atom. The minimum atomic E-state index is 0.906. The molecule has 140 valence electrons. The SMILES string of the molecule is c1ccc(-c2ccc3c(c2)oc2c3ccc3c2ccc2c4ccccc4oc23)cc1. The summed E-state index contributed by atoms with van der Waals surface area (Å²) in [5.74, 6) is 0. The third-order valence-electron chi connectivity index (χ3n) is 6.08. The lowest BCUT2D eigenvalue weighted by molar-refractivity contribution is 0.669. The maximum atomic E-state index is 6.41. The van der Waals surface area contributed by atoms with E-state index in [0.29, 0.717) is 0 Å². The molecule has 2 nitrogen and oxygen atoms in total. The first-order valence-corrected chi connectivity index (χ1v) is 10.1. The normalized spacial score (nSPS) is 12.0. The first-order chi connectivity index (χ1) is 14.9. The summed E-state index contributed by atoms with van der Waals surface area (Å²) in [5, 5.41) is 6.71. The molecule has 0 N–H and O–H groups in total. The van der Waals surface area contributed by atoms with E-state index in [2.05, 4.69) is 72.8 Å². The van der Waals surface area contributed by atoms with Gasteiger partial charge < -0.3 is 8.83 Å². The van der Waals surface area contributed by atoms with Crippen LogP contribution < -0.4 is 0 Å². The molecule has 5 aromatic carbocycles. The second-order valence-corrected chi connectivity index (χ2v) is 7.76. The van der Waals surface area contributed by atoms with E-state index in [0.717, 1.165) is 60.2 Å². The van der Waals surface area contributed by atoms with Gasteiger partial charge in [-0.1, -0.05) is 54.6 Å². The maximum absolute atomic E-state index is 6.41. The van der Waals surface area contributed by atoms with Crippen molar-refractivity contribution in [1.82, 2.24) is 0 Å².